The molecule has 3 aromatic carbocycles. The molecule has 1 aliphatic carbocycles. The summed E-state index contributed by atoms with van der Waals surface area (Å²) in [6.45, 7) is 0.990. The highest BCUT2D eigenvalue weighted by atomic mass is 16.6. The number of hydrogen-bond acceptors (Lipinski definition) is 6. The first-order valence-corrected chi connectivity index (χ1v) is 12.3. The van der Waals surface area contributed by atoms with Crippen LogP contribution in [0.2, 0.25) is 0 Å². The smallest absolute Gasteiger partial charge is 0.412 e. The number of ether oxygens (including phenoxy) is 2. The Bertz CT molecular complexity index is 1430. The first-order valence-electron chi connectivity index (χ1n) is 12.3. The minimum atomic E-state index is -1.15. The van der Waals surface area contributed by atoms with E-state index in [0.717, 1.165) is 38.0 Å². The number of esters is 1. The highest BCUT2D eigenvalue weighted by Crippen LogP contribution is 2.47. The van der Waals surface area contributed by atoms with Gasteiger partial charge in [0.1, 0.15) is 28.4 Å². The fourth-order valence-electron chi connectivity index (χ4n) is 5.02. The second-order valence-electron chi connectivity index (χ2n) is 9.35. The molecule has 7 nitrogen and oxygen atoms in total. The second kappa shape index (κ2) is 9.17. The Labute approximate surface area is 208 Å². The minimum Gasteiger partial charge on any atom is -0.457 e. The molecule has 3 N–H and O–H groups in total. The van der Waals surface area contributed by atoms with Gasteiger partial charge in [0, 0.05) is 17.0 Å². The number of fused-ring (bicyclic) bond motifs is 1. The van der Waals surface area contributed by atoms with Gasteiger partial charge in [-0.1, -0.05) is 18.2 Å². The lowest BCUT2D eigenvalue weighted by molar-refractivity contribution is 0.0640. The Hall–Kier alpha value is -4.10. The summed E-state index contributed by atoms with van der Waals surface area (Å²) in [4.78, 5) is 24.5. The van der Waals surface area contributed by atoms with E-state index in [1.807, 2.05) is 66.7 Å². The zero-order chi connectivity index (χ0) is 24.6. The highest BCUT2D eigenvalue weighted by Gasteiger charge is 2.33. The predicted octanol–water partition coefficient (Wildman–Crippen LogP) is 6.43. The molecule has 7 heteroatoms. The van der Waals surface area contributed by atoms with E-state index in [9.17, 15) is 9.59 Å². The van der Waals surface area contributed by atoms with Crippen molar-refractivity contribution in [3.8, 4) is 22.8 Å². The summed E-state index contributed by atoms with van der Waals surface area (Å²) in [6.07, 6.45) is 3.29. The molecule has 182 valence electrons. The molecule has 4 aromatic rings. The molecule has 1 unspecified atom stereocenters. The lowest BCUT2D eigenvalue weighted by atomic mass is 9.93. The number of carbonyl (C=O) groups is 2. The maximum Gasteiger partial charge on any atom is 0.412 e. The molecule has 1 saturated heterocycles. The van der Waals surface area contributed by atoms with Gasteiger partial charge in [0.15, 0.2) is 0 Å². The normalized spacial score (nSPS) is 17.3. The Morgan fingerprint density at radius 3 is 2.33 bits per heavy atom. The minimum absolute atomic E-state index is 0.202. The maximum absolute atomic E-state index is 13.1. The van der Waals surface area contributed by atoms with E-state index in [1.54, 1.807) is 0 Å². The lowest BCUT2D eigenvalue weighted by Gasteiger charge is -2.16. The SMILES string of the molecule is NC(=O)OC(=O)c1c(-c2ccc(Oc3ccccc3)cc2)oc2cc(C3CCCN3)c(C3CC3)cc12. The quantitative estimate of drug-likeness (QED) is 0.242. The Kier molecular flexibility index (Phi) is 5.70. The summed E-state index contributed by atoms with van der Waals surface area (Å²) < 4.78 is 17.0. The van der Waals surface area contributed by atoms with Gasteiger partial charge in [-0.3, -0.25) is 0 Å². The van der Waals surface area contributed by atoms with E-state index in [4.69, 9.17) is 19.6 Å². The third kappa shape index (κ3) is 4.33. The number of nitrogens with one attached hydrogen (secondary N) is 1. The van der Waals surface area contributed by atoms with E-state index in [-0.39, 0.29) is 11.6 Å². The second-order valence-corrected chi connectivity index (χ2v) is 9.35. The van der Waals surface area contributed by atoms with Crippen LogP contribution < -0.4 is 15.8 Å². The van der Waals surface area contributed by atoms with E-state index in [1.165, 1.54) is 11.1 Å². The van der Waals surface area contributed by atoms with Crippen LogP contribution in [0.5, 0.6) is 11.5 Å². The predicted molar refractivity (Wildman–Crippen MR) is 135 cm³/mol. The summed E-state index contributed by atoms with van der Waals surface area (Å²) >= 11 is 0. The Morgan fingerprint density at radius 2 is 1.67 bits per heavy atom. The van der Waals surface area contributed by atoms with Crippen LogP contribution >= 0.6 is 0 Å². The molecule has 2 fully saturated rings. The van der Waals surface area contributed by atoms with Gasteiger partial charge < -0.3 is 24.9 Å². The number of nitrogens with two attached hydrogens (primary N) is 1. The summed E-state index contributed by atoms with van der Waals surface area (Å²) in [5.41, 5.74) is 9.09. The number of para-hydroxylation sites is 1. The molecule has 1 aromatic heterocycles. The molecular weight excluding hydrogens is 456 g/mol. The van der Waals surface area contributed by atoms with Crippen LogP contribution in [0.25, 0.3) is 22.3 Å². The standard InChI is InChI=1S/C29H26N2O5/c30-29(33)36-28(32)26-23-15-21(17-8-9-17)22(24-7-4-14-31-24)16-25(23)35-27(26)18-10-12-20(13-11-18)34-19-5-2-1-3-6-19/h1-3,5-6,10-13,15-17,24,31H,4,7-9,14H2,(H2,30,33). The monoisotopic (exact) mass is 482 g/mol. The number of furan rings is 1. The van der Waals surface area contributed by atoms with Crippen LogP contribution in [-0.4, -0.2) is 18.6 Å². The fourth-order valence-corrected chi connectivity index (χ4v) is 5.02. The van der Waals surface area contributed by atoms with Crippen molar-refractivity contribution < 1.29 is 23.5 Å². The van der Waals surface area contributed by atoms with Crippen LogP contribution in [0.15, 0.2) is 71.1 Å². The molecule has 1 saturated carbocycles. The fraction of sp³-hybridized carbons (Fsp3) is 0.241. The molecule has 1 atom stereocenters. The lowest BCUT2D eigenvalue weighted by Crippen LogP contribution is -2.18. The summed E-state index contributed by atoms with van der Waals surface area (Å²) in [5, 5.41) is 4.21. The third-order valence-corrected chi connectivity index (χ3v) is 6.84. The topological polar surface area (TPSA) is 104 Å². The number of benzene rings is 3. The molecular formula is C29H26N2O5. The van der Waals surface area contributed by atoms with Crippen molar-refractivity contribution in [2.24, 2.45) is 5.73 Å². The van der Waals surface area contributed by atoms with Gasteiger partial charge in [0.2, 0.25) is 0 Å². The van der Waals surface area contributed by atoms with E-state index in [2.05, 4.69) is 5.32 Å². The summed E-state index contributed by atoms with van der Waals surface area (Å²) in [5.74, 6) is 1.35. The van der Waals surface area contributed by atoms with Crippen molar-refractivity contribution in [2.45, 2.75) is 37.6 Å². The van der Waals surface area contributed by atoms with Crippen molar-refractivity contribution >= 4 is 23.0 Å². The van der Waals surface area contributed by atoms with Crippen molar-refractivity contribution in [2.75, 3.05) is 6.54 Å². The van der Waals surface area contributed by atoms with Gasteiger partial charge in [-0.05, 0) is 97.8 Å². The number of hydrogen-bond donors (Lipinski definition) is 2. The van der Waals surface area contributed by atoms with Crippen LogP contribution in [0.3, 0.4) is 0 Å². The van der Waals surface area contributed by atoms with Crippen molar-refractivity contribution in [3.63, 3.8) is 0 Å². The van der Waals surface area contributed by atoms with Gasteiger partial charge in [0.05, 0.1) is 0 Å². The van der Waals surface area contributed by atoms with Crippen LogP contribution in [-0.2, 0) is 4.74 Å². The molecule has 6 rings (SSSR count). The highest BCUT2D eigenvalue weighted by molar-refractivity contribution is 6.11. The van der Waals surface area contributed by atoms with E-state index < -0.39 is 12.1 Å². The molecule has 0 spiro atoms. The van der Waals surface area contributed by atoms with Crippen molar-refractivity contribution in [1.82, 2.24) is 5.32 Å². The van der Waals surface area contributed by atoms with Gasteiger partial charge in [0.25, 0.3) is 0 Å². The van der Waals surface area contributed by atoms with Gasteiger partial charge in [-0.2, -0.15) is 0 Å². The van der Waals surface area contributed by atoms with E-state index in [0.29, 0.717) is 34.0 Å². The zero-order valence-corrected chi connectivity index (χ0v) is 19.7. The third-order valence-electron chi connectivity index (χ3n) is 6.84. The number of primary amides is 1. The summed E-state index contributed by atoms with van der Waals surface area (Å²) in [6, 6.07) is 21.1. The van der Waals surface area contributed by atoms with Crippen LogP contribution in [0.4, 0.5) is 4.79 Å². The molecule has 0 bridgehead atoms. The Balaban J connectivity index is 1.44. The average molecular weight is 483 g/mol. The van der Waals surface area contributed by atoms with Gasteiger partial charge in [-0.15, -0.1) is 0 Å². The van der Waals surface area contributed by atoms with Crippen LogP contribution in [0, 0.1) is 0 Å². The maximum atomic E-state index is 13.1. The van der Waals surface area contributed by atoms with E-state index >= 15 is 0 Å². The Morgan fingerprint density at radius 1 is 0.917 bits per heavy atom. The molecule has 1 aliphatic heterocycles. The summed E-state index contributed by atoms with van der Waals surface area (Å²) in [7, 11) is 0. The molecule has 2 heterocycles. The molecule has 1 amide bonds. The molecule has 0 radical (unpaired) electrons. The first-order chi connectivity index (χ1) is 17.6. The average Bonchev–Trinajstić information content (AvgIpc) is 3.43. The van der Waals surface area contributed by atoms with Crippen LogP contribution in [0.1, 0.15) is 59.1 Å². The zero-order valence-electron chi connectivity index (χ0n) is 19.7. The molecule has 36 heavy (non-hydrogen) atoms. The molecule has 2 aliphatic rings. The first kappa shape index (κ1) is 22.4. The van der Waals surface area contributed by atoms with Crippen molar-refractivity contribution in [1.29, 1.82) is 0 Å². The van der Waals surface area contributed by atoms with Crippen molar-refractivity contribution in [3.05, 3.63) is 83.4 Å². The number of amides is 1. The number of carbonyl (C=O) groups excluding carboxylic acids is 2. The largest absolute Gasteiger partial charge is 0.457 e. The van der Waals surface area contributed by atoms with Gasteiger partial charge in [-0.25, -0.2) is 9.59 Å². The number of rotatable bonds is 6. The van der Waals surface area contributed by atoms with Gasteiger partial charge >= 0.3 is 12.1 Å².